The van der Waals surface area contributed by atoms with Gasteiger partial charge in [0, 0.05) is 11.9 Å². The summed E-state index contributed by atoms with van der Waals surface area (Å²) in [5.74, 6) is 0.576. The normalized spacial score (nSPS) is 20.0. The Hall–Kier alpha value is -1.63. The average molecular weight is 211 g/mol. The highest BCUT2D eigenvalue weighted by molar-refractivity contribution is 5.31. The third-order valence-corrected chi connectivity index (χ3v) is 3.20. The van der Waals surface area contributed by atoms with Gasteiger partial charge >= 0.3 is 0 Å². The van der Waals surface area contributed by atoms with E-state index in [2.05, 4.69) is 30.3 Å². The lowest BCUT2D eigenvalue weighted by Crippen LogP contribution is -2.16. The summed E-state index contributed by atoms with van der Waals surface area (Å²) in [6.45, 7) is 7.63. The molecule has 1 aromatic rings. The van der Waals surface area contributed by atoms with Gasteiger partial charge < -0.3 is 0 Å². The van der Waals surface area contributed by atoms with Gasteiger partial charge in [-0.25, -0.2) is 0 Å². The summed E-state index contributed by atoms with van der Waals surface area (Å²) in [6, 6.07) is 4.20. The number of pyridine rings is 1. The van der Waals surface area contributed by atoms with Gasteiger partial charge in [0.25, 0.3) is 0 Å². The van der Waals surface area contributed by atoms with Gasteiger partial charge in [0.05, 0.1) is 0 Å². The summed E-state index contributed by atoms with van der Waals surface area (Å²) in [7, 11) is 0. The Morgan fingerprint density at radius 1 is 1.44 bits per heavy atom. The topological polar surface area (TPSA) is 12.9 Å². The van der Waals surface area contributed by atoms with Crippen molar-refractivity contribution >= 4 is 0 Å². The van der Waals surface area contributed by atoms with Crippen molar-refractivity contribution in [3.63, 3.8) is 0 Å². The molecular formula is C15H17N. The summed E-state index contributed by atoms with van der Waals surface area (Å²) < 4.78 is 0. The fourth-order valence-corrected chi connectivity index (χ4v) is 2.35. The van der Waals surface area contributed by atoms with Gasteiger partial charge in [-0.1, -0.05) is 37.5 Å². The van der Waals surface area contributed by atoms with Gasteiger partial charge in [-0.3, -0.25) is 4.98 Å². The molecule has 1 atom stereocenters. The van der Waals surface area contributed by atoms with Crippen LogP contribution in [-0.4, -0.2) is 4.98 Å². The lowest BCUT2D eigenvalue weighted by Gasteiger charge is -2.24. The highest BCUT2D eigenvalue weighted by Crippen LogP contribution is 2.29. The highest BCUT2D eigenvalue weighted by Gasteiger charge is 2.20. The molecule has 82 valence electrons. The number of aryl methyl sites for hydroxylation is 1. The molecule has 1 aromatic heterocycles. The minimum Gasteiger partial charge on any atom is -0.261 e. The number of allylic oxidation sites excluding steroid dienone is 4. The van der Waals surface area contributed by atoms with Crippen LogP contribution >= 0.6 is 0 Å². The minimum atomic E-state index is 0.576. The number of hydrogen-bond acceptors (Lipinski definition) is 1. The first-order chi connectivity index (χ1) is 7.85. The third-order valence-electron chi connectivity index (χ3n) is 3.20. The van der Waals surface area contributed by atoms with Crippen LogP contribution in [0, 0.1) is 5.92 Å². The van der Waals surface area contributed by atoms with Crippen LogP contribution in [0.1, 0.15) is 17.7 Å². The highest BCUT2D eigenvalue weighted by atomic mass is 14.7. The van der Waals surface area contributed by atoms with E-state index >= 15 is 0 Å². The molecule has 0 radical (unpaired) electrons. The van der Waals surface area contributed by atoms with E-state index in [1.165, 1.54) is 16.8 Å². The van der Waals surface area contributed by atoms with E-state index in [-0.39, 0.29) is 0 Å². The molecular weight excluding hydrogens is 194 g/mol. The Kier molecular flexibility index (Phi) is 3.35. The van der Waals surface area contributed by atoms with Crippen molar-refractivity contribution in [1.29, 1.82) is 0 Å². The maximum Gasteiger partial charge on any atom is 0.0435 e. The van der Waals surface area contributed by atoms with Gasteiger partial charge in [-0.2, -0.15) is 0 Å². The van der Waals surface area contributed by atoms with Gasteiger partial charge in [0.2, 0.25) is 0 Å². The molecule has 1 heteroatoms. The zero-order chi connectivity index (χ0) is 11.4. The van der Waals surface area contributed by atoms with Crippen molar-refractivity contribution in [3.05, 3.63) is 66.5 Å². The standard InChI is InChI=1S/C15H17N/c1-3-6-12(4-2)13-8-9-15-14(11-13)7-5-10-16-15/h3-7,10,13H,1-2,8-9,11H2/b12-6+. The van der Waals surface area contributed by atoms with Crippen molar-refractivity contribution in [2.24, 2.45) is 5.92 Å². The molecule has 0 amide bonds. The maximum atomic E-state index is 4.42. The van der Waals surface area contributed by atoms with E-state index in [4.69, 9.17) is 0 Å². The number of aromatic nitrogens is 1. The Morgan fingerprint density at radius 2 is 2.31 bits per heavy atom. The maximum absolute atomic E-state index is 4.42. The van der Waals surface area contributed by atoms with E-state index in [1.54, 1.807) is 0 Å². The van der Waals surface area contributed by atoms with Crippen LogP contribution in [0.4, 0.5) is 0 Å². The van der Waals surface area contributed by atoms with Crippen LogP contribution in [0.15, 0.2) is 55.3 Å². The van der Waals surface area contributed by atoms with Gasteiger partial charge in [0.1, 0.15) is 0 Å². The van der Waals surface area contributed by atoms with Gasteiger partial charge in [0.15, 0.2) is 0 Å². The first-order valence-corrected chi connectivity index (χ1v) is 5.73. The number of hydrogen-bond donors (Lipinski definition) is 0. The molecule has 1 aliphatic rings. The molecule has 0 N–H and O–H groups in total. The Bertz CT molecular complexity index is 429. The van der Waals surface area contributed by atoms with Crippen LogP contribution in [0.25, 0.3) is 0 Å². The first-order valence-electron chi connectivity index (χ1n) is 5.73. The fraction of sp³-hybridized carbons (Fsp3) is 0.267. The molecule has 1 nitrogen and oxygen atoms in total. The molecule has 0 fully saturated rings. The van der Waals surface area contributed by atoms with Crippen molar-refractivity contribution < 1.29 is 0 Å². The third kappa shape index (κ3) is 2.13. The molecule has 0 saturated heterocycles. The Morgan fingerprint density at radius 3 is 3.06 bits per heavy atom. The van der Waals surface area contributed by atoms with E-state index in [9.17, 15) is 0 Å². The van der Waals surface area contributed by atoms with Crippen LogP contribution in [0.5, 0.6) is 0 Å². The molecule has 0 saturated carbocycles. The molecule has 0 aromatic carbocycles. The summed E-state index contributed by atoms with van der Waals surface area (Å²) in [5.41, 5.74) is 3.95. The quantitative estimate of drug-likeness (QED) is 0.697. The summed E-state index contributed by atoms with van der Waals surface area (Å²) in [6.07, 6.45) is 11.1. The number of fused-ring (bicyclic) bond motifs is 1. The molecule has 1 aliphatic carbocycles. The summed E-state index contributed by atoms with van der Waals surface area (Å²) in [4.78, 5) is 4.42. The Labute approximate surface area is 97.2 Å². The van der Waals surface area contributed by atoms with Crippen LogP contribution in [0.3, 0.4) is 0 Å². The second-order valence-corrected chi connectivity index (χ2v) is 4.16. The molecule has 0 bridgehead atoms. The number of nitrogens with zero attached hydrogens (tertiary/aromatic N) is 1. The molecule has 2 rings (SSSR count). The van der Waals surface area contributed by atoms with E-state index in [0.29, 0.717) is 5.92 Å². The smallest absolute Gasteiger partial charge is 0.0435 e. The molecule has 1 unspecified atom stereocenters. The first kappa shape index (κ1) is 10.9. The van der Waals surface area contributed by atoms with Crippen molar-refractivity contribution in [1.82, 2.24) is 4.98 Å². The fourth-order valence-electron chi connectivity index (χ4n) is 2.35. The second kappa shape index (κ2) is 4.93. The van der Waals surface area contributed by atoms with Crippen LogP contribution in [0.2, 0.25) is 0 Å². The van der Waals surface area contributed by atoms with Gasteiger partial charge in [-0.15, -0.1) is 0 Å². The molecule has 1 heterocycles. The monoisotopic (exact) mass is 211 g/mol. The molecule has 0 aliphatic heterocycles. The second-order valence-electron chi connectivity index (χ2n) is 4.16. The van der Waals surface area contributed by atoms with Crippen LogP contribution in [-0.2, 0) is 12.8 Å². The summed E-state index contributed by atoms with van der Waals surface area (Å²) >= 11 is 0. The summed E-state index contributed by atoms with van der Waals surface area (Å²) in [5, 5.41) is 0. The predicted octanol–water partition coefficient (Wildman–Crippen LogP) is 3.48. The minimum absolute atomic E-state index is 0.576. The lowest BCUT2D eigenvalue weighted by atomic mass is 9.82. The van der Waals surface area contributed by atoms with E-state index < -0.39 is 0 Å². The molecule has 0 spiro atoms. The van der Waals surface area contributed by atoms with Gasteiger partial charge in [-0.05, 0) is 42.4 Å². The number of rotatable bonds is 3. The van der Waals surface area contributed by atoms with Crippen molar-refractivity contribution in [2.45, 2.75) is 19.3 Å². The van der Waals surface area contributed by atoms with E-state index in [0.717, 1.165) is 19.3 Å². The SMILES string of the molecule is C=C/C=C(\C=C)C1CCc2ncccc2C1. The predicted molar refractivity (Wildman–Crippen MR) is 68.2 cm³/mol. The average Bonchev–Trinajstić information content (AvgIpc) is 2.35. The lowest BCUT2D eigenvalue weighted by molar-refractivity contribution is 0.526. The zero-order valence-corrected chi connectivity index (χ0v) is 9.52. The largest absolute Gasteiger partial charge is 0.261 e. The zero-order valence-electron chi connectivity index (χ0n) is 9.52. The Balaban J connectivity index is 2.22. The van der Waals surface area contributed by atoms with Crippen molar-refractivity contribution in [3.8, 4) is 0 Å². The van der Waals surface area contributed by atoms with E-state index in [1.807, 2.05) is 24.4 Å². The van der Waals surface area contributed by atoms with Crippen LogP contribution < -0.4 is 0 Å². The molecule has 16 heavy (non-hydrogen) atoms. The van der Waals surface area contributed by atoms with Crippen molar-refractivity contribution in [2.75, 3.05) is 0 Å².